The van der Waals surface area contributed by atoms with Crippen molar-refractivity contribution in [3.05, 3.63) is 47.3 Å². The van der Waals surface area contributed by atoms with Gasteiger partial charge in [0.25, 0.3) is 0 Å². The molecule has 0 aliphatic rings. The third kappa shape index (κ3) is 1.94. The highest BCUT2D eigenvalue weighted by atomic mass is 19.1. The molecular weight excluding hydrogens is 214 g/mol. The largest absolute Gasteiger partial charge is 0.392 e. The molecule has 3 nitrogen and oxygen atoms in total. The van der Waals surface area contributed by atoms with Crippen LogP contribution >= 0.6 is 0 Å². The second kappa shape index (κ2) is 4.02. The smallest absolute Gasteiger partial charge is 0.128 e. The quantitative estimate of drug-likeness (QED) is 0.846. The SMILES string of the molecule is Cc1nn(-c2cc(F)cc(F)c2)cc1CO. The van der Waals surface area contributed by atoms with Crippen molar-refractivity contribution in [3.8, 4) is 5.69 Å². The van der Waals surface area contributed by atoms with Crippen LogP contribution in [0.15, 0.2) is 24.4 Å². The minimum atomic E-state index is -0.659. The van der Waals surface area contributed by atoms with E-state index in [1.165, 1.54) is 16.8 Å². The number of hydrogen-bond acceptors (Lipinski definition) is 2. The molecule has 1 N–H and O–H groups in total. The van der Waals surface area contributed by atoms with Crippen LogP contribution in [0, 0.1) is 18.6 Å². The van der Waals surface area contributed by atoms with E-state index in [0.717, 1.165) is 6.07 Å². The number of aryl methyl sites for hydroxylation is 1. The van der Waals surface area contributed by atoms with Gasteiger partial charge < -0.3 is 5.11 Å². The monoisotopic (exact) mass is 224 g/mol. The van der Waals surface area contributed by atoms with Crippen molar-refractivity contribution < 1.29 is 13.9 Å². The van der Waals surface area contributed by atoms with Gasteiger partial charge in [0.1, 0.15) is 11.6 Å². The fourth-order valence-electron chi connectivity index (χ4n) is 1.45. The summed E-state index contributed by atoms with van der Waals surface area (Å²) in [6, 6.07) is 3.15. The van der Waals surface area contributed by atoms with Gasteiger partial charge in [-0.25, -0.2) is 13.5 Å². The minimum absolute atomic E-state index is 0.149. The molecule has 0 unspecified atom stereocenters. The standard InChI is InChI=1S/C11H10F2N2O/c1-7-8(6-16)5-15(14-7)11-3-9(12)2-10(13)4-11/h2-5,16H,6H2,1H3. The van der Waals surface area contributed by atoms with E-state index >= 15 is 0 Å². The Hall–Kier alpha value is -1.75. The number of halogens is 2. The van der Waals surface area contributed by atoms with Gasteiger partial charge in [-0.2, -0.15) is 5.10 Å². The van der Waals surface area contributed by atoms with Gasteiger partial charge in [0.05, 0.1) is 18.0 Å². The maximum absolute atomic E-state index is 13.0. The zero-order chi connectivity index (χ0) is 11.7. The lowest BCUT2D eigenvalue weighted by Gasteiger charge is -2.01. The molecule has 5 heteroatoms. The molecule has 0 atom stereocenters. The van der Waals surface area contributed by atoms with Crippen LogP contribution in [-0.4, -0.2) is 14.9 Å². The van der Waals surface area contributed by atoms with Crippen LogP contribution in [0.1, 0.15) is 11.3 Å². The summed E-state index contributed by atoms with van der Waals surface area (Å²) in [6.45, 7) is 1.57. The van der Waals surface area contributed by atoms with Crippen molar-refractivity contribution in [1.82, 2.24) is 9.78 Å². The van der Waals surface area contributed by atoms with Gasteiger partial charge in [-0.3, -0.25) is 0 Å². The highest BCUT2D eigenvalue weighted by Crippen LogP contribution is 2.14. The number of aliphatic hydroxyl groups excluding tert-OH is 1. The van der Waals surface area contributed by atoms with Gasteiger partial charge in [-0.05, 0) is 19.1 Å². The number of hydrogen-bond donors (Lipinski definition) is 1. The van der Waals surface area contributed by atoms with Crippen molar-refractivity contribution in [1.29, 1.82) is 0 Å². The number of rotatable bonds is 2. The predicted molar refractivity (Wildman–Crippen MR) is 54.1 cm³/mol. The Kier molecular flexibility index (Phi) is 2.70. The van der Waals surface area contributed by atoms with E-state index in [1.54, 1.807) is 13.1 Å². The molecule has 0 saturated carbocycles. The molecular formula is C11H10F2N2O. The summed E-state index contributed by atoms with van der Waals surface area (Å²) in [4.78, 5) is 0. The molecule has 1 aromatic carbocycles. The van der Waals surface area contributed by atoms with Gasteiger partial charge in [0.2, 0.25) is 0 Å². The molecule has 0 aliphatic heterocycles. The lowest BCUT2D eigenvalue weighted by atomic mass is 10.3. The first kappa shape index (κ1) is 10.8. The number of benzene rings is 1. The normalized spacial score (nSPS) is 10.8. The maximum atomic E-state index is 13.0. The molecule has 0 fully saturated rings. The van der Waals surface area contributed by atoms with Crippen LogP contribution in [0.3, 0.4) is 0 Å². The Labute approximate surface area is 91.0 Å². The van der Waals surface area contributed by atoms with Gasteiger partial charge in [0, 0.05) is 17.8 Å². The van der Waals surface area contributed by atoms with E-state index in [0.29, 0.717) is 16.9 Å². The molecule has 0 saturated heterocycles. The average Bonchev–Trinajstić information content (AvgIpc) is 2.58. The summed E-state index contributed by atoms with van der Waals surface area (Å²) >= 11 is 0. The maximum Gasteiger partial charge on any atom is 0.128 e. The van der Waals surface area contributed by atoms with Crippen LogP contribution in [0.5, 0.6) is 0 Å². The summed E-state index contributed by atoms with van der Waals surface area (Å²) in [5.41, 5.74) is 1.55. The first-order valence-corrected chi connectivity index (χ1v) is 4.72. The van der Waals surface area contributed by atoms with E-state index in [-0.39, 0.29) is 6.61 Å². The molecule has 84 valence electrons. The fraction of sp³-hybridized carbons (Fsp3) is 0.182. The minimum Gasteiger partial charge on any atom is -0.392 e. The van der Waals surface area contributed by atoms with Gasteiger partial charge >= 0.3 is 0 Å². The Morgan fingerprint density at radius 2 is 1.88 bits per heavy atom. The summed E-state index contributed by atoms with van der Waals surface area (Å²) in [5.74, 6) is -1.32. The highest BCUT2D eigenvalue weighted by Gasteiger charge is 2.07. The fourth-order valence-corrected chi connectivity index (χ4v) is 1.45. The zero-order valence-electron chi connectivity index (χ0n) is 8.61. The van der Waals surface area contributed by atoms with E-state index < -0.39 is 11.6 Å². The van der Waals surface area contributed by atoms with Crippen molar-refractivity contribution in [3.63, 3.8) is 0 Å². The van der Waals surface area contributed by atoms with E-state index in [9.17, 15) is 8.78 Å². The molecule has 0 radical (unpaired) electrons. The molecule has 2 aromatic rings. The van der Waals surface area contributed by atoms with Crippen molar-refractivity contribution in [2.45, 2.75) is 13.5 Å². The van der Waals surface area contributed by atoms with Crippen LogP contribution in [-0.2, 0) is 6.61 Å². The lowest BCUT2D eigenvalue weighted by Crippen LogP contribution is -1.96. The first-order chi connectivity index (χ1) is 7.60. The summed E-state index contributed by atoms with van der Waals surface area (Å²) in [6.07, 6.45) is 1.55. The Balaban J connectivity index is 2.49. The number of aliphatic hydroxyl groups is 1. The summed E-state index contributed by atoms with van der Waals surface area (Å²) in [5, 5.41) is 13.0. The van der Waals surface area contributed by atoms with Gasteiger partial charge in [-0.15, -0.1) is 0 Å². The third-order valence-electron chi connectivity index (χ3n) is 2.28. The molecule has 16 heavy (non-hydrogen) atoms. The summed E-state index contributed by atoms with van der Waals surface area (Å²) < 4.78 is 27.3. The first-order valence-electron chi connectivity index (χ1n) is 4.72. The van der Waals surface area contributed by atoms with E-state index in [2.05, 4.69) is 5.10 Å². The second-order valence-electron chi connectivity index (χ2n) is 3.47. The summed E-state index contributed by atoms with van der Waals surface area (Å²) in [7, 11) is 0. The number of nitrogens with zero attached hydrogens (tertiary/aromatic N) is 2. The van der Waals surface area contributed by atoms with Crippen molar-refractivity contribution in [2.75, 3.05) is 0 Å². The topological polar surface area (TPSA) is 38.0 Å². The van der Waals surface area contributed by atoms with Crippen molar-refractivity contribution >= 4 is 0 Å². The number of aromatic nitrogens is 2. The molecule has 1 heterocycles. The van der Waals surface area contributed by atoms with E-state index in [1.807, 2.05) is 0 Å². The molecule has 0 bridgehead atoms. The van der Waals surface area contributed by atoms with Crippen LogP contribution in [0.25, 0.3) is 5.69 Å². The lowest BCUT2D eigenvalue weighted by molar-refractivity contribution is 0.281. The Morgan fingerprint density at radius 3 is 2.38 bits per heavy atom. The van der Waals surface area contributed by atoms with Gasteiger partial charge in [0.15, 0.2) is 0 Å². The van der Waals surface area contributed by atoms with Crippen molar-refractivity contribution in [2.24, 2.45) is 0 Å². The molecule has 0 spiro atoms. The van der Waals surface area contributed by atoms with Crippen LogP contribution < -0.4 is 0 Å². The highest BCUT2D eigenvalue weighted by molar-refractivity contribution is 5.33. The third-order valence-corrected chi connectivity index (χ3v) is 2.28. The van der Waals surface area contributed by atoms with Crippen LogP contribution in [0.2, 0.25) is 0 Å². The second-order valence-corrected chi connectivity index (χ2v) is 3.47. The van der Waals surface area contributed by atoms with E-state index in [4.69, 9.17) is 5.11 Å². The predicted octanol–water partition coefficient (Wildman–Crippen LogP) is 1.95. The Bertz CT molecular complexity index is 502. The molecule has 0 aliphatic carbocycles. The molecule has 2 rings (SSSR count). The molecule has 1 aromatic heterocycles. The zero-order valence-corrected chi connectivity index (χ0v) is 8.61. The Morgan fingerprint density at radius 1 is 1.25 bits per heavy atom. The molecule has 0 amide bonds. The average molecular weight is 224 g/mol. The van der Waals surface area contributed by atoms with Crippen LogP contribution in [0.4, 0.5) is 8.78 Å². The van der Waals surface area contributed by atoms with Gasteiger partial charge in [-0.1, -0.05) is 0 Å².